The molecule has 0 saturated carbocycles. The van der Waals surface area contributed by atoms with Gasteiger partial charge in [0.2, 0.25) is 6.43 Å². The number of carbonyl (C=O) groups excluding carboxylic acids is 1. The number of benzene rings is 1. The minimum Gasteiger partial charge on any atom is -0.484 e. The van der Waals surface area contributed by atoms with Crippen molar-refractivity contribution >= 4 is 27.8 Å². The highest BCUT2D eigenvalue weighted by molar-refractivity contribution is 9.10. The lowest BCUT2D eigenvalue weighted by atomic mass is 10.2. The fourth-order valence-corrected chi connectivity index (χ4v) is 1.72. The van der Waals surface area contributed by atoms with Gasteiger partial charge in [-0.1, -0.05) is 22.0 Å². The number of carbonyl (C=O) groups is 2. The van der Waals surface area contributed by atoms with Gasteiger partial charge in [-0.2, -0.15) is 0 Å². The Morgan fingerprint density at radius 1 is 1.40 bits per heavy atom. The highest BCUT2D eigenvalue weighted by Crippen LogP contribution is 2.17. The van der Waals surface area contributed by atoms with Gasteiger partial charge in [-0.15, -0.1) is 0 Å². The van der Waals surface area contributed by atoms with E-state index in [-0.39, 0.29) is 0 Å². The lowest BCUT2D eigenvalue weighted by molar-refractivity contribution is -0.143. The molecule has 0 aliphatic carbocycles. The Morgan fingerprint density at radius 3 is 2.65 bits per heavy atom. The van der Waals surface area contributed by atoms with Gasteiger partial charge in [0.05, 0.1) is 0 Å². The van der Waals surface area contributed by atoms with Crippen LogP contribution in [0.4, 0.5) is 8.78 Å². The first-order valence-electron chi connectivity index (χ1n) is 5.57. The molecule has 1 rings (SSSR count). The quantitative estimate of drug-likeness (QED) is 0.788. The van der Waals surface area contributed by atoms with Crippen LogP contribution in [0.15, 0.2) is 28.7 Å². The van der Waals surface area contributed by atoms with Crippen LogP contribution in [0.25, 0.3) is 0 Å². The van der Waals surface area contributed by atoms with E-state index >= 15 is 0 Å². The molecule has 0 radical (unpaired) electrons. The molecule has 8 heteroatoms. The molecule has 0 spiro atoms. The predicted octanol–water partition coefficient (Wildman–Crippen LogP) is 2.05. The monoisotopic (exact) mass is 351 g/mol. The SMILES string of the molecule is O=C(COc1cccc(Br)c1)NC(CC(F)F)C(=O)O. The smallest absolute Gasteiger partial charge is 0.326 e. The lowest BCUT2D eigenvalue weighted by Crippen LogP contribution is -2.44. The minimum atomic E-state index is -2.82. The first kappa shape index (κ1) is 16.4. The number of hydrogen-bond donors (Lipinski definition) is 2. The van der Waals surface area contributed by atoms with Crippen molar-refractivity contribution in [3.63, 3.8) is 0 Å². The van der Waals surface area contributed by atoms with Crippen LogP contribution in [0.3, 0.4) is 0 Å². The molecule has 0 fully saturated rings. The molecule has 5 nitrogen and oxygen atoms in total. The van der Waals surface area contributed by atoms with Crippen molar-refractivity contribution in [3.8, 4) is 5.75 Å². The molecule has 1 atom stereocenters. The van der Waals surface area contributed by atoms with E-state index in [9.17, 15) is 18.4 Å². The summed E-state index contributed by atoms with van der Waals surface area (Å²) in [7, 11) is 0. The highest BCUT2D eigenvalue weighted by atomic mass is 79.9. The average molecular weight is 352 g/mol. The fourth-order valence-electron chi connectivity index (χ4n) is 1.34. The zero-order valence-electron chi connectivity index (χ0n) is 10.2. The van der Waals surface area contributed by atoms with Gasteiger partial charge in [-0.25, -0.2) is 13.6 Å². The summed E-state index contributed by atoms with van der Waals surface area (Å²) in [5, 5.41) is 10.7. The third-order valence-electron chi connectivity index (χ3n) is 2.21. The Morgan fingerprint density at radius 2 is 2.10 bits per heavy atom. The van der Waals surface area contributed by atoms with E-state index in [1.807, 2.05) is 5.32 Å². The van der Waals surface area contributed by atoms with E-state index in [0.717, 1.165) is 4.47 Å². The molecule has 0 aliphatic rings. The first-order valence-corrected chi connectivity index (χ1v) is 6.36. The number of halogens is 3. The molecule has 1 unspecified atom stereocenters. The van der Waals surface area contributed by atoms with Crippen LogP contribution in [0.5, 0.6) is 5.75 Å². The van der Waals surface area contributed by atoms with E-state index in [2.05, 4.69) is 15.9 Å². The van der Waals surface area contributed by atoms with Gasteiger partial charge in [0.1, 0.15) is 11.8 Å². The maximum atomic E-state index is 12.1. The number of hydrogen-bond acceptors (Lipinski definition) is 3. The standard InChI is InChI=1S/C12H12BrF2NO4/c13-7-2-1-3-8(4-7)20-6-11(17)16-9(12(18)19)5-10(14)15/h1-4,9-10H,5-6H2,(H,16,17)(H,18,19). The summed E-state index contributed by atoms with van der Waals surface area (Å²) < 4.78 is 30.1. The Kier molecular flexibility index (Phi) is 6.37. The number of rotatable bonds is 7. The zero-order valence-corrected chi connectivity index (χ0v) is 11.8. The molecule has 2 N–H and O–H groups in total. The van der Waals surface area contributed by atoms with Gasteiger partial charge in [0.25, 0.3) is 5.91 Å². The summed E-state index contributed by atoms with van der Waals surface area (Å²) in [5.41, 5.74) is 0. The van der Waals surface area contributed by atoms with E-state index < -0.39 is 37.4 Å². The van der Waals surface area contributed by atoms with Crippen molar-refractivity contribution in [2.24, 2.45) is 0 Å². The summed E-state index contributed by atoms with van der Waals surface area (Å²) in [6.45, 7) is -0.455. The Bertz CT molecular complexity index is 484. The molecule has 110 valence electrons. The van der Waals surface area contributed by atoms with E-state index in [0.29, 0.717) is 5.75 Å². The number of carboxylic acids is 1. The largest absolute Gasteiger partial charge is 0.484 e. The molecule has 0 saturated heterocycles. The van der Waals surface area contributed by atoms with Gasteiger partial charge in [-0.3, -0.25) is 4.79 Å². The Labute approximate surface area is 122 Å². The van der Waals surface area contributed by atoms with Crippen LogP contribution in [0.1, 0.15) is 6.42 Å². The van der Waals surface area contributed by atoms with Crippen molar-refractivity contribution in [2.45, 2.75) is 18.9 Å². The predicted molar refractivity (Wildman–Crippen MR) is 69.8 cm³/mol. The number of aliphatic carboxylic acids is 1. The zero-order chi connectivity index (χ0) is 15.1. The van der Waals surface area contributed by atoms with Crippen LogP contribution in [0.2, 0.25) is 0 Å². The van der Waals surface area contributed by atoms with Crippen molar-refractivity contribution in [3.05, 3.63) is 28.7 Å². The van der Waals surface area contributed by atoms with Gasteiger partial charge in [0.15, 0.2) is 6.61 Å². The molecule has 1 aromatic rings. The molecular weight excluding hydrogens is 340 g/mol. The van der Waals surface area contributed by atoms with Crippen molar-refractivity contribution < 1.29 is 28.2 Å². The van der Waals surface area contributed by atoms with Crippen LogP contribution >= 0.6 is 15.9 Å². The third-order valence-corrected chi connectivity index (χ3v) is 2.71. The Hall–Kier alpha value is -1.70. The second-order valence-corrected chi connectivity index (χ2v) is 4.75. The fraction of sp³-hybridized carbons (Fsp3) is 0.333. The summed E-state index contributed by atoms with van der Waals surface area (Å²) in [4.78, 5) is 22.1. The van der Waals surface area contributed by atoms with Crippen molar-refractivity contribution in [1.29, 1.82) is 0 Å². The van der Waals surface area contributed by atoms with E-state index in [1.54, 1.807) is 24.3 Å². The van der Waals surface area contributed by atoms with Crippen molar-refractivity contribution in [1.82, 2.24) is 5.32 Å². The second kappa shape index (κ2) is 7.78. The third kappa shape index (κ3) is 5.96. The van der Waals surface area contributed by atoms with E-state index in [1.165, 1.54) is 0 Å². The number of alkyl halides is 2. The minimum absolute atomic E-state index is 0.398. The van der Waals surface area contributed by atoms with Gasteiger partial charge in [0, 0.05) is 10.9 Å². The molecule has 0 aromatic heterocycles. The molecule has 0 heterocycles. The summed E-state index contributed by atoms with van der Waals surface area (Å²) in [6.07, 6.45) is -3.76. The lowest BCUT2D eigenvalue weighted by Gasteiger charge is -2.14. The second-order valence-electron chi connectivity index (χ2n) is 3.83. The number of nitrogens with one attached hydrogen (secondary N) is 1. The number of amides is 1. The normalized spacial score (nSPS) is 12.0. The average Bonchev–Trinajstić information content (AvgIpc) is 2.35. The molecule has 0 aliphatic heterocycles. The highest BCUT2D eigenvalue weighted by Gasteiger charge is 2.24. The topological polar surface area (TPSA) is 75.6 Å². The van der Waals surface area contributed by atoms with Crippen LogP contribution in [-0.4, -0.2) is 36.1 Å². The summed E-state index contributed by atoms with van der Waals surface area (Å²) in [6, 6.07) is 5.03. The summed E-state index contributed by atoms with van der Waals surface area (Å²) in [5.74, 6) is -1.89. The first-order chi connectivity index (χ1) is 9.38. The maximum Gasteiger partial charge on any atom is 0.326 e. The van der Waals surface area contributed by atoms with Crippen LogP contribution < -0.4 is 10.1 Å². The molecule has 1 amide bonds. The maximum absolute atomic E-state index is 12.1. The number of ether oxygens (including phenoxy) is 1. The van der Waals surface area contributed by atoms with E-state index in [4.69, 9.17) is 9.84 Å². The summed E-state index contributed by atoms with van der Waals surface area (Å²) >= 11 is 3.21. The van der Waals surface area contributed by atoms with Crippen LogP contribution in [-0.2, 0) is 9.59 Å². The van der Waals surface area contributed by atoms with Crippen molar-refractivity contribution in [2.75, 3.05) is 6.61 Å². The molecule has 20 heavy (non-hydrogen) atoms. The van der Waals surface area contributed by atoms with Gasteiger partial charge < -0.3 is 15.2 Å². The number of carboxylic acid groups (broad SMARTS) is 1. The molecular formula is C12H12BrF2NO4. The molecule has 1 aromatic carbocycles. The Balaban J connectivity index is 2.47. The van der Waals surface area contributed by atoms with Gasteiger partial charge >= 0.3 is 5.97 Å². The van der Waals surface area contributed by atoms with Crippen LogP contribution in [0, 0.1) is 0 Å². The molecule has 0 bridgehead atoms. The van der Waals surface area contributed by atoms with Gasteiger partial charge in [-0.05, 0) is 18.2 Å².